The van der Waals surface area contributed by atoms with Gasteiger partial charge in [-0.3, -0.25) is 9.59 Å². The summed E-state index contributed by atoms with van der Waals surface area (Å²) in [5.74, 6) is 1.19. The molecule has 2 N–H and O–H groups in total. The van der Waals surface area contributed by atoms with Crippen molar-refractivity contribution < 1.29 is 9.59 Å². The zero-order valence-corrected chi connectivity index (χ0v) is 17.3. The zero-order valence-electron chi connectivity index (χ0n) is 16.5. The van der Waals surface area contributed by atoms with E-state index in [1.54, 1.807) is 11.8 Å². The van der Waals surface area contributed by atoms with Gasteiger partial charge in [0.1, 0.15) is 0 Å². The van der Waals surface area contributed by atoms with E-state index in [-0.39, 0.29) is 11.8 Å². The first kappa shape index (κ1) is 21.0. The number of anilines is 2. The summed E-state index contributed by atoms with van der Waals surface area (Å²) in [7, 11) is 0. The maximum atomic E-state index is 12.1. The molecule has 5 heteroatoms. The number of hydrogen-bond donors (Lipinski definition) is 2. The lowest BCUT2D eigenvalue weighted by Crippen LogP contribution is -2.16. The number of thioether (sulfide) groups is 1. The highest BCUT2D eigenvalue weighted by Gasteiger charge is 2.09. The van der Waals surface area contributed by atoms with Crippen molar-refractivity contribution in [3.05, 3.63) is 58.7 Å². The minimum Gasteiger partial charge on any atom is -0.326 e. The lowest BCUT2D eigenvalue weighted by Gasteiger charge is -2.12. The first-order valence-corrected chi connectivity index (χ1v) is 10.3. The molecular formula is C22H28N2O2S. The molecule has 0 aliphatic carbocycles. The summed E-state index contributed by atoms with van der Waals surface area (Å²) in [6, 6.07) is 11.9. The summed E-state index contributed by atoms with van der Waals surface area (Å²) >= 11 is 1.55. The van der Waals surface area contributed by atoms with Crippen LogP contribution in [-0.4, -0.2) is 23.3 Å². The third-order valence-corrected chi connectivity index (χ3v) is 5.46. The van der Waals surface area contributed by atoms with Gasteiger partial charge in [-0.15, -0.1) is 0 Å². The van der Waals surface area contributed by atoms with Crippen LogP contribution in [0.4, 0.5) is 11.4 Å². The van der Waals surface area contributed by atoms with E-state index in [1.165, 1.54) is 0 Å². The summed E-state index contributed by atoms with van der Waals surface area (Å²) in [5.41, 5.74) is 6.08. The smallest absolute Gasteiger partial charge is 0.234 e. The number of amides is 2. The van der Waals surface area contributed by atoms with Gasteiger partial charge < -0.3 is 10.6 Å². The maximum Gasteiger partial charge on any atom is 0.234 e. The molecule has 0 bridgehead atoms. The van der Waals surface area contributed by atoms with Crippen molar-refractivity contribution in [2.75, 3.05) is 22.1 Å². The fraction of sp³-hybridized carbons (Fsp3) is 0.364. The first-order chi connectivity index (χ1) is 12.9. The normalized spacial score (nSPS) is 10.5. The standard InChI is InChI=1S/C22H28N2O2S/c1-15-8-5-9-16(2)21(15)23-19(25)12-7-13-27-14-20(26)24-22-17(3)10-6-11-18(22)4/h5-6,8-11H,7,12-14H2,1-4H3,(H,23,25)(H,24,26). The molecule has 0 spiro atoms. The minimum atomic E-state index is -0.00242. The molecule has 0 saturated heterocycles. The van der Waals surface area contributed by atoms with Gasteiger partial charge in [0.15, 0.2) is 0 Å². The Hall–Kier alpha value is -2.27. The third kappa shape index (κ3) is 6.43. The van der Waals surface area contributed by atoms with Gasteiger partial charge in [0, 0.05) is 17.8 Å². The Kier molecular flexibility index (Phi) is 7.92. The molecule has 0 radical (unpaired) electrons. The number of para-hydroxylation sites is 2. The number of carbonyl (C=O) groups is 2. The number of benzene rings is 2. The average Bonchev–Trinajstić information content (AvgIpc) is 2.61. The van der Waals surface area contributed by atoms with Crippen LogP contribution in [0.15, 0.2) is 36.4 Å². The highest BCUT2D eigenvalue weighted by atomic mass is 32.2. The fourth-order valence-electron chi connectivity index (χ4n) is 2.90. The van der Waals surface area contributed by atoms with E-state index in [2.05, 4.69) is 10.6 Å². The molecule has 2 aromatic carbocycles. The SMILES string of the molecule is Cc1cccc(C)c1NC(=O)CCCSCC(=O)Nc1c(C)cccc1C. The molecule has 0 unspecified atom stereocenters. The van der Waals surface area contributed by atoms with Crippen LogP contribution in [-0.2, 0) is 9.59 Å². The highest BCUT2D eigenvalue weighted by molar-refractivity contribution is 7.99. The topological polar surface area (TPSA) is 58.2 Å². The van der Waals surface area contributed by atoms with Gasteiger partial charge in [0.25, 0.3) is 0 Å². The van der Waals surface area contributed by atoms with Crippen molar-refractivity contribution in [2.24, 2.45) is 0 Å². The molecule has 0 aliphatic heterocycles. The number of rotatable bonds is 8. The van der Waals surface area contributed by atoms with Crippen LogP contribution in [0, 0.1) is 27.7 Å². The summed E-state index contributed by atoms with van der Waals surface area (Å²) in [6.07, 6.45) is 1.21. The molecule has 0 atom stereocenters. The Morgan fingerprint density at radius 1 is 0.778 bits per heavy atom. The number of hydrogen-bond acceptors (Lipinski definition) is 3. The van der Waals surface area contributed by atoms with E-state index < -0.39 is 0 Å². The Morgan fingerprint density at radius 3 is 1.70 bits per heavy atom. The predicted octanol–water partition coefficient (Wildman–Crippen LogP) is 5.01. The van der Waals surface area contributed by atoms with Gasteiger partial charge >= 0.3 is 0 Å². The highest BCUT2D eigenvalue weighted by Crippen LogP contribution is 2.21. The molecule has 27 heavy (non-hydrogen) atoms. The van der Waals surface area contributed by atoms with Crippen LogP contribution in [0.5, 0.6) is 0 Å². The van der Waals surface area contributed by atoms with Gasteiger partial charge in [0.2, 0.25) is 11.8 Å². The molecule has 2 aromatic rings. The van der Waals surface area contributed by atoms with E-state index >= 15 is 0 Å². The minimum absolute atomic E-state index is 0.00242. The van der Waals surface area contributed by atoms with E-state index in [4.69, 9.17) is 0 Å². The number of aryl methyl sites for hydroxylation is 4. The lowest BCUT2D eigenvalue weighted by atomic mass is 10.1. The van der Waals surface area contributed by atoms with E-state index in [9.17, 15) is 9.59 Å². The molecule has 2 rings (SSSR count). The van der Waals surface area contributed by atoms with Crippen molar-refractivity contribution in [3.63, 3.8) is 0 Å². The van der Waals surface area contributed by atoms with Crippen LogP contribution in [0.1, 0.15) is 35.1 Å². The van der Waals surface area contributed by atoms with Crippen LogP contribution in [0.25, 0.3) is 0 Å². The molecule has 0 aromatic heterocycles. The van der Waals surface area contributed by atoms with E-state index in [1.807, 2.05) is 64.1 Å². The number of carbonyl (C=O) groups excluding carboxylic acids is 2. The van der Waals surface area contributed by atoms with Gasteiger partial charge in [-0.05, 0) is 62.1 Å². The summed E-state index contributed by atoms with van der Waals surface area (Å²) < 4.78 is 0. The van der Waals surface area contributed by atoms with Crippen molar-refractivity contribution in [3.8, 4) is 0 Å². The average molecular weight is 385 g/mol. The van der Waals surface area contributed by atoms with Gasteiger partial charge in [-0.2, -0.15) is 11.8 Å². The Labute approximate surface area is 166 Å². The van der Waals surface area contributed by atoms with Gasteiger partial charge in [-0.1, -0.05) is 36.4 Å². The van der Waals surface area contributed by atoms with Gasteiger partial charge in [0.05, 0.1) is 5.75 Å². The second-order valence-corrected chi connectivity index (χ2v) is 7.89. The lowest BCUT2D eigenvalue weighted by molar-refractivity contribution is -0.116. The molecule has 0 heterocycles. The zero-order chi connectivity index (χ0) is 19.8. The van der Waals surface area contributed by atoms with Crippen LogP contribution in [0.3, 0.4) is 0 Å². The van der Waals surface area contributed by atoms with E-state index in [0.29, 0.717) is 12.2 Å². The summed E-state index contributed by atoms with van der Waals surface area (Å²) in [5, 5.41) is 5.98. The maximum absolute atomic E-state index is 12.1. The summed E-state index contributed by atoms with van der Waals surface area (Å²) in [4.78, 5) is 24.2. The monoisotopic (exact) mass is 384 g/mol. The first-order valence-electron chi connectivity index (χ1n) is 9.18. The molecule has 4 nitrogen and oxygen atoms in total. The molecule has 144 valence electrons. The van der Waals surface area contributed by atoms with E-state index in [0.717, 1.165) is 45.8 Å². The molecule has 0 aliphatic rings. The van der Waals surface area contributed by atoms with Crippen LogP contribution >= 0.6 is 11.8 Å². The van der Waals surface area contributed by atoms with Crippen molar-refractivity contribution >= 4 is 35.0 Å². The molecule has 2 amide bonds. The van der Waals surface area contributed by atoms with Gasteiger partial charge in [-0.25, -0.2) is 0 Å². The van der Waals surface area contributed by atoms with Crippen molar-refractivity contribution in [1.29, 1.82) is 0 Å². The van der Waals surface area contributed by atoms with Crippen LogP contribution in [0.2, 0.25) is 0 Å². The van der Waals surface area contributed by atoms with Crippen molar-refractivity contribution in [2.45, 2.75) is 40.5 Å². The second kappa shape index (κ2) is 10.2. The predicted molar refractivity (Wildman–Crippen MR) is 116 cm³/mol. The largest absolute Gasteiger partial charge is 0.326 e. The fourth-order valence-corrected chi connectivity index (χ4v) is 3.65. The van der Waals surface area contributed by atoms with Crippen LogP contribution < -0.4 is 10.6 Å². The second-order valence-electron chi connectivity index (χ2n) is 6.79. The van der Waals surface area contributed by atoms with Crippen molar-refractivity contribution in [1.82, 2.24) is 0 Å². The quantitative estimate of drug-likeness (QED) is 0.629. The molecular weight excluding hydrogens is 356 g/mol. The number of nitrogens with one attached hydrogen (secondary N) is 2. The Bertz CT molecular complexity index is 710. The third-order valence-electron chi connectivity index (χ3n) is 4.42. The molecule has 0 saturated carbocycles. The Balaban J connectivity index is 1.68. The Morgan fingerprint density at radius 2 is 1.22 bits per heavy atom. The molecule has 0 fully saturated rings. The summed E-state index contributed by atoms with van der Waals surface area (Å²) in [6.45, 7) is 7.97.